The third-order valence-corrected chi connectivity index (χ3v) is 6.19. The Balaban J connectivity index is 0.000000479. The fourth-order valence-electron chi connectivity index (χ4n) is 4.18. The molecule has 0 saturated heterocycles. The summed E-state index contributed by atoms with van der Waals surface area (Å²) in [6.45, 7) is 4.74. The number of nitrogens with zero attached hydrogens (tertiary/aromatic N) is 1. The molecule has 0 heterocycles. The Kier molecular flexibility index (Phi) is 15.8. The molecule has 2 aromatic carbocycles. The van der Waals surface area contributed by atoms with Crippen molar-refractivity contribution in [3.8, 4) is 5.75 Å². The number of unbranched alkanes of at least 4 members (excludes halogenated alkanes) is 11. The van der Waals surface area contributed by atoms with E-state index in [-0.39, 0.29) is 5.56 Å². The van der Waals surface area contributed by atoms with Gasteiger partial charge in [-0.15, -0.1) is 0 Å². The minimum atomic E-state index is -1.18. The lowest BCUT2D eigenvalue weighted by molar-refractivity contribution is -0.903. The highest BCUT2D eigenvalue weighted by Crippen LogP contribution is 2.14. The molecule has 4 nitrogen and oxygen atoms in total. The van der Waals surface area contributed by atoms with Gasteiger partial charge in [-0.1, -0.05) is 125 Å². The summed E-state index contributed by atoms with van der Waals surface area (Å²) in [7, 11) is 4.73. The normalized spacial score (nSPS) is 11.0. The Bertz CT molecular complexity index is 774. The third-order valence-electron chi connectivity index (χ3n) is 6.19. The predicted octanol–water partition coefficient (Wildman–Crippen LogP) is 7.42. The Morgan fingerprint density at radius 2 is 1.21 bits per heavy atom. The highest BCUT2D eigenvalue weighted by atomic mass is 16.4. The van der Waals surface area contributed by atoms with E-state index in [1.807, 2.05) is 0 Å². The molecule has 0 unspecified atom stereocenters. The van der Waals surface area contributed by atoms with Crippen molar-refractivity contribution in [1.82, 2.24) is 0 Å². The molecule has 0 radical (unpaired) electrons. The number of quaternary nitrogens is 1. The minimum Gasteiger partial charge on any atom is -0.872 e. The number of benzene rings is 2. The lowest BCUT2D eigenvalue weighted by Gasteiger charge is -2.30. The maximum atomic E-state index is 10.7. The van der Waals surface area contributed by atoms with Crippen molar-refractivity contribution in [2.45, 2.75) is 90.5 Å². The van der Waals surface area contributed by atoms with E-state index < -0.39 is 11.7 Å². The molecular weight excluding hydrogens is 422 g/mol. The van der Waals surface area contributed by atoms with Gasteiger partial charge in [-0.2, -0.15) is 0 Å². The summed E-state index contributed by atoms with van der Waals surface area (Å²) in [4.78, 5) is 10.2. The SMILES string of the molecule is CCCCCCCCCCCCCC[N+](C)(C)Cc1ccccc1.O=C(O)c1ccccc1[O-]. The van der Waals surface area contributed by atoms with Gasteiger partial charge in [0.2, 0.25) is 0 Å². The molecule has 0 spiro atoms. The van der Waals surface area contributed by atoms with Gasteiger partial charge in [-0.05, 0) is 18.9 Å². The van der Waals surface area contributed by atoms with Crippen LogP contribution in [0.4, 0.5) is 0 Å². The first-order chi connectivity index (χ1) is 16.4. The van der Waals surface area contributed by atoms with Crippen molar-refractivity contribution >= 4 is 5.97 Å². The van der Waals surface area contributed by atoms with Crippen molar-refractivity contribution in [1.29, 1.82) is 0 Å². The summed E-state index contributed by atoms with van der Waals surface area (Å²) in [5.41, 5.74) is 1.28. The smallest absolute Gasteiger partial charge is 0.335 e. The van der Waals surface area contributed by atoms with E-state index in [0.717, 1.165) is 11.0 Å². The maximum Gasteiger partial charge on any atom is 0.335 e. The van der Waals surface area contributed by atoms with Crippen molar-refractivity contribution in [3.05, 3.63) is 65.7 Å². The monoisotopic (exact) mass is 469 g/mol. The first-order valence-electron chi connectivity index (χ1n) is 13.2. The van der Waals surface area contributed by atoms with Crippen molar-refractivity contribution in [3.63, 3.8) is 0 Å². The van der Waals surface area contributed by atoms with Crippen LogP contribution in [0.5, 0.6) is 5.75 Å². The van der Waals surface area contributed by atoms with Crippen LogP contribution in [0, 0.1) is 0 Å². The highest BCUT2D eigenvalue weighted by molar-refractivity contribution is 5.90. The van der Waals surface area contributed by atoms with Gasteiger partial charge >= 0.3 is 5.97 Å². The zero-order valence-corrected chi connectivity index (χ0v) is 21.8. The molecule has 2 aromatic rings. The molecule has 0 saturated carbocycles. The number of para-hydroxylation sites is 1. The molecule has 0 aromatic heterocycles. The predicted molar refractivity (Wildman–Crippen MR) is 141 cm³/mol. The fraction of sp³-hybridized carbons (Fsp3) is 0.567. The molecule has 0 amide bonds. The summed E-state index contributed by atoms with van der Waals surface area (Å²) in [6, 6.07) is 16.4. The Labute approximate surface area is 208 Å². The van der Waals surface area contributed by atoms with Crippen LogP contribution < -0.4 is 5.11 Å². The third kappa shape index (κ3) is 14.7. The number of rotatable bonds is 16. The second-order valence-electron chi connectivity index (χ2n) is 9.99. The van der Waals surface area contributed by atoms with Crippen molar-refractivity contribution < 1.29 is 19.5 Å². The number of carboxylic acid groups (broad SMARTS) is 1. The first-order valence-corrected chi connectivity index (χ1v) is 13.2. The lowest BCUT2D eigenvalue weighted by atomic mass is 10.1. The van der Waals surface area contributed by atoms with Crippen LogP contribution in [-0.4, -0.2) is 36.2 Å². The minimum absolute atomic E-state index is 0.178. The quantitative estimate of drug-likeness (QED) is 0.205. The van der Waals surface area contributed by atoms with Crippen LogP contribution in [-0.2, 0) is 6.54 Å². The van der Waals surface area contributed by atoms with Gasteiger partial charge in [0.25, 0.3) is 0 Å². The lowest BCUT2D eigenvalue weighted by Crippen LogP contribution is -2.39. The summed E-state index contributed by atoms with van der Waals surface area (Å²) in [5.74, 6) is -1.62. The van der Waals surface area contributed by atoms with Crippen LogP contribution in [0.1, 0.15) is 99.9 Å². The van der Waals surface area contributed by atoms with Crippen molar-refractivity contribution in [2.24, 2.45) is 0 Å². The van der Waals surface area contributed by atoms with Gasteiger partial charge in [0.15, 0.2) is 0 Å². The molecule has 0 aliphatic heterocycles. The largest absolute Gasteiger partial charge is 0.872 e. The Hall–Kier alpha value is -2.33. The first kappa shape index (κ1) is 29.7. The summed E-state index contributed by atoms with van der Waals surface area (Å²) in [5, 5.41) is 19.0. The van der Waals surface area contributed by atoms with E-state index >= 15 is 0 Å². The average Bonchev–Trinajstić information content (AvgIpc) is 2.80. The standard InChI is InChI=1S/C23H42N.C7H6O3/c1-4-5-6-7-8-9-10-11-12-13-14-18-21-24(2,3)22-23-19-16-15-17-20-23;8-6-4-2-1-3-5(6)7(9)10/h15-17,19-20H,4-14,18,21-22H2,1-3H3;1-4,8H,(H,9,10)/q+1;/p-1. The molecule has 34 heavy (non-hydrogen) atoms. The van der Waals surface area contributed by atoms with E-state index in [9.17, 15) is 9.90 Å². The number of carboxylic acids is 1. The number of aromatic carboxylic acids is 1. The topological polar surface area (TPSA) is 60.4 Å². The molecule has 190 valence electrons. The van der Waals surface area contributed by atoms with Gasteiger partial charge in [-0.25, -0.2) is 4.79 Å². The zero-order valence-electron chi connectivity index (χ0n) is 21.8. The van der Waals surface area contributed by atoms with Crippen LogP contribution in [0.3, 0.4) is 0 Å². The Morgan fingerprint density at radius 3 is 1.68 bits per heavy atom. The highest BCUT2D eigenvalue weighted by Gasteiger charge is 2.14. The zero-order chi connectivity index (χ0) is 25.1. The summed E-state index contributed by atoms with van der Waals surface area (Å²) >= 11 is 0. The molecule has 0 aliphatic carbocycles. The van der Waals surface area contributed by atoms with E-state index in [1.165, 1.54) is 113 Å². The second kappa shape index (κ2) is 18.1. The van der Waals surface area contributed by atoms with Gasteiger partial charge in [-0.3, -0.25) is 0 Å². The van der Waals surface area contributed by atoms with Crippen LogP contribution in [0.25, 0.3) is 0 Å². The molecular formula is C30H47NO3. The molecule has 0 aliphatic rings. The second-order valence-corrected chi connectivity index (χ2v) is 9.99. The fourth-order valence-corrected chi connectivity index (χ4v) is 4.18. The molecule has 0 atom stereocenters. The number of carbonyl (C=O) groups is 1. The Morgan fingerprint density at radius 1 is 0.735 bits per heavy atom. The van der Waals surface area contributed by atoms with Gasteiger partial charge in [0.1, 0.15) is 6.54 Å². The molecule has 0 fully saturated rings. The van der Waals surface area contributed by atoms with E-state index in [1.54, 1.807) is 0 Å². The van der Waals surface area contributed by atoms with Crippen molar-refractivity contribution in [2.75, 3.05) is 20.6 Å². The van der Waals surface area contributed by atoms with Gasteiger partial charge < -0.3 is 14.7 Å². The number of hydrogen-bond acceptors (Lipinski definition) is 2. The molecule has 1 N–H and O–H groups in total. The molecule has 4 heteroatoms. The summed E-state index contributed by atoms with van der Waals surface area (Å²) < 4.78 is 1.11. The number of hydrogen-bond donors (Lipinski definition) is 1. The van der Waals surface area contributed by atoms with E-state index in [2.05, 4.69) is 51.4 Å². The average molecular weight is 470 g/mol. The van der Waals surface area contributed by atoms with E-state index in [0.29, 0.717) is 0 Å². The van der Waals surface area contributed by atoms with Gasteiger partial charge in [0.05, 0.1) is 26.2 Å². The summed E-state index contributed by atoms with van der Waals surface area (Å²) in [6.07, 6.45) is 17.2. The van der Waals surface area contributed by atoms with E-state index in [4.69, 9.17) is 5.11 Å². The molecule has 2 rings (SSSR count). The van der Waals surface area contributed by atoms with Gasteiger partial charge in [0, 0.05) is 5.56 Å². The maximum absolute atomic E-state index is 10.7. The van der Waals surface area contributed by atoms with Crippen LogP contribution >= 0.6 is 0 Å². The van der Waals surface area contributed by atoms with Crippen LogP contribution in [0.2, 0.25) is 0 Å². The van der Waals surface area contributed by atoms with Crippen LogP contribution in [0.15, 0.2) is 54.6 Å². The molecule has 0 bridgehead atoms.